The minimum atomic E-state index is -0.933. The normalized spacial score (nSPS) is 15.7. The predicted octanol–water partition coefficient (Wildman–Crippen LogP) is 2.83. The number of likely N-dealkylation sites (tertiary alicyclic amines) is 1. The second-order valence-corrected chi connectivity index (χ2v) is 6.05. The molecule has 2 aromatic rings. The molecule has 0 aliphatic carbocycles. The van der Waals surface area contributed by atoms with Gasteiger partial charge in [0.05, 0.1) is 18.4 Å². The summed E-state index contributed by atoms with van der Waals surface area (Å²) in [6.45, 7) is 2.23. The van der Waals surface area contributed by atoms with Crippen LogP contribution in [0.5, 0.6) is 11.5 Å². The molecule has 1 aromatic carbocycles. The average Bonchev–Trinajstić information content (AvgIpc) is 2.64. The molecule has 0 bridgehead atoms. The van der Waals surface area contributed by atoms with Crippen LogP contribution in [0.25, 0.3) is 0 Å². The first kappa shape index (κ1) is 17.2. The SMILES string of the molecule is COc1ccccc1OC1CCN(Cc2ncccc2C(=O)O)CC1. The Morgan fingerprint density at radius 1 is 1.20 bits per heavy atom. The van der Waals surface area contributed by atoms with Crippen molar-refractivity contribution in [2.45, 2.75) is 25.5 Å². The van der Waals surface area contributed by atoms with E-state index >= 15 is 0 Å². The number of ether oxygens (including phenoxy) is 2. The number of aromatic carboxylic acids is 1. The number of piperidine rings is 1. The van der Waals surface area contributed by atoms with E-state index < -0.39 is 5.97 Å². The minimum absolute atomic E-state index is 0.134. The lowest BCUT2D eigenvalue weighted by atomic mass is 10.1. The molecule has 1 aliphatic heterocycles. The molecule has 3 rings (SSSR count). The van der Waals surface area contributed by atoms with Crippen LogP contribution < -0.4 is 9.47 Å². The summed E-state index contributed by atoms with van der Waals surface area (Å²) in [6.07, 6.45) is 3.54. The smallest absolute Gasteiger partial charge is 0.337 e. The summed E-state index contributed by atoms with van der Waals surface area (Å²) in [7, 11) is 1.64. The molecule has 1 aliphatic rings. The van der Waals surface area contributed by atoms with Gasteiger partial charge in [0.25, 0.3) is 0 Å². The van der Waals surface area contributed by atoms with Crippen molar-refractivity contribution in [2.24, 2.45) is 0 Å². The van der Waals surface area contributed by atoms with Crippen LogP contribution in [-0.2, 0) is 6.54 Å². The molecule has 0 radical (unpaired) electrons. The molecular formula is C19H22N2O4. The van der Waals surface area contributed by atoms with Crippen LogP contribution in [-0.4, -0.2) is 47.3 Å². The molecule has 6 nitrogen and oxygen atoms in total. The van der Waals surface area contributed by atoms with Crippen LogP contribution >= 0.6 is 0 Å². The number of hydrogen-bond donors (Lipinski definition) is 1. The van der Waals surface area contributed by atoms with Crippen molar-refractivity contribution in [1.82, 2.24) is 9.88 Å². The summed E-state index contributed by atoms with van der Waals surface area (Å²) >= 11 is 0. The van der Waals surface area contributed by atoms with Gasteiger partial charge in [0.1, 0.15) is 6.10 Å². The number of aromatic nitrogens is 1. The third-order valence-corrected chi connectivity index (χ3v) is 4.39. The molecule has 25 heavy (non-hydrogen) atoms. The van der Waals surface area contributed by atoms with E-state index in [4.69, 9.17) is 9.47 Å². The molecule has 0 amide bonds. The van der Waals surface area contributed by atoms with Gasteiger partial charge in [-0.15, -0.1) is 0 Å². The van der Waals surface area contributed by atoms with Gasteiger partial charge < -0.3 is 14.6 Å². The number of rotatable bonds is 6. The first-order chi connectivity index (χ1) is 12.2. The highest BCUT2D eigenvalue weighted by molar-refractivity contribution is 5.88. The fraction of sp³-hybridized carbons (Fsp3) is 0.368. The molecule has 6 heteroatoms. The Bertz CT molecular complexity index is 727. The van der Waals surface area contributed by atoms with Gasteiger partial charge in [-0.2, -0.15) is 0 Å². The average molecular weight is 342 g/mol. The summed E-state index contributed by atoms with van der Waals surface area (Å²) in [5.74, 6) is 0.573. The number of nitrogens with zero attached hydrogens (tertiary/aromatic N) is 2. The fourth-order valence-corrected chi connectivity index (χ4v) is 3.05. The Hall–Kier alpha value is -2.60. The summed E-state index contributed by atoms with van der Waals surface area (Å²) in [5.41, 5.74) is 0.883. The van der Waals surface area contributed by atoms with Crippen LogP contribution in [0.15, 0.2) is 42.6 Å². The van der Waals surface area contributed by atoms with Gasteiger partial charge in [-0.3, -0.25) is 9.88 Å². The van der Waals surface area contributed by atoms with Crippen molar-refractivity contribution >= 4 is 5.97 Å². The molecule has 1 saturated heterocycles. The maximum Gasteiger partial charge on any atom is 0.337 e. The number of carboxylic acid groups (broad SMARTS) is 1. The number of pyridine rings is 1. The van der Waals surface area contributed by atoms with Crippen LogP contribution in [0.4, 0.5) is 0 Å². The molecule has 1 aromatic heterocycles. The number of carbonyl (C=O) groups is 1. The van der Waals surface area contributed by atoms with Gasteiger partial charge in [-0.1, -0.05) is 12.1 Å². The Morgan fingerprint density at radius 3 is 2.60 bits per heavy atom. The molecule has 0 saturated carbocycles. The van der Waals surface area contributed by atoms with Crippen LogP contribution in [0, 0.1) is 0 Å². The van der Waals surface area contributed by atoms with Crippen molar-refractivity contribution < 1.29 is 19.4 Å². The van der Waals surface area contributed by atoms with E-state index in [-0.39, 0.29) is 11.7 Å². The van der Waals surface area contributed by atoms with E-state index in [9.17, 15) is 9.90 Å². The highest BCUT2D eigenvalue weighted by Crippen LogP contribution is 2.29. The number of carboxylic acids is 1. The molecule has 0 atom stereocenters. The number of hydrogen-bond acceptors (Lipinski definition) is 5. The summed E-state index contributed by atoms with van der Waals surface area (Å²) in [6, 6.07) is 10.9. The highest BCUT2D eigenvalue weighted by atomic mass is 16.5. The lowest BCUT2D eigenvalue weighted by Crippen LogP contribution is -2.38. The van der Waals surface area contributed by atoms with Gasteiger partial charge in [0, 0.05) is 25.8 Å². The minimum Gasteiger partial charge on any atom is -0.493 e. The Labute approximate surface area is 147 Å². The summed E-state index contributed by atoms with van der Waals surface area (Å²) in [5, 5.41) is 9.26. The number of methoxy groups -OCH3 is 1. The monoisotopic (exact) mass is 342 g/mol. The molecule has 1 N–H and O–H groups in total. The second kappa shape index (κ2) is 7.98. The van der Waals surface area contributed by atoms with Gasteiger partial charge in [0.15, 0.2) is 11.5 Å². The van der Waals surface area contributed by atoms with Gasteiger partial charge in [-0.05, 0) is 37.1 Å². The molecule has 0 spiro atoms. The number of para-hydroxylation sites is 2. The first-order valence-corrected chi connectivity index (χ1v) is 8.36. The van der Waals surface area contributed by atoms with E-state index in [0.29, 0.717) is 12.2 Å². The van der Waals surface area contributed by atoms with Crippen molar-refractivity contribution in [2.75, 3.05) is 20.2 Å². The zero-order valence-electron chi connectivity index (χ0n) is 14.2. The number of benzene rings is 1. The third kappa shape index (κ3) is 4.28. The van der Waals surface area contributed by atoms with E-state index in [2.05, 4.69) is 9.88 Å². The van der Waals surface area contributed by atoms with Gasteiger partial charge in [0.2, 0.25) is 0 Å². The standard InChI is InChI=1S/C19H22N2O4/c1-24-17-6-2-3-7-18(17)25-14-8-11-21(12-9-14)13-16-15(19(22)23)5-4-10-20-16/h2-7,10,14H,8-9,11-13H2,1H3,(H,22,23). The largest absolute Gasteiger partial charge is 0.493 e. The van der Waals surface area contributed by atoms with Gasteiger partial charge >= 0.3 is 5.97 Å². The van der Waals surface area contributed by atoms with Crippen molar-refractivity contribution in [3.63, 3.8) is 0 Å². The van der Waals surface area contributed by atoms with Crippen molar-refractivity contribution in [1.29, 1.82) is 0 Å². The van der Waals surface area contributed by atoms with Crippen LogP contribution in [0.3, 0.4) is 0 Å². The molecule has 0 unspecified atom stereocenters. The zero-order valence-corrected chi connectivity index (χ0v) is 14.2. The topological polar surface area (TPSA) is 71.9 Å². The maximum atomic E-state index is 11.3. The van der Waals surface area contributed by atoms with Gasteiger partial charge in [-0.25, -0.2) is 4.79 Å². The third-order valence-electron chi connectivity index (χ3n) is 4.39. The predicted molar refractivity (Wildman–Crippen MR) is 93.1 cm³/mol. The zero-order chi connectivity index (χ0) is 17.6. The summed E-state index contributed by atoms with van der Waals surface area (Å²) in [4.78, 5) is 17.7. The lowest BCUT2D eigenvalue weighted by molar-refractivity contribution is 0.0689. The molecule has 1 fully saturated rings. The maximum absolute atomic E-state index is 11.3. The highest BCUT2D eigenvalue weighted by Gasteiger charge is 2.23. The fourth-order valence-electron chi connectivity index (χ4n) is 3.05. The van der Waals surface area contributed by atoms with E-state index in [1.807, 2.05) is 24.3 Å². The van der Waals surface area contributed by atoms with E-state index in [1.54, 1.807) is 25.4 Å². The molecule has 132 valence electrons. The van der Waals surface area contributed by atoms with Crippen LogP contribution in [0.1, 0.15) is 28.9 Å². The quantitative estimate of drug-likeness (QED) is 0.870. The van der Waals surface area contributed by atoms with Crippen molar-refractivity contribution in [3.05, 3.63) is 53.9 Å². The lowest BCUT2D eigenvalue weighted by Gasteiger charge is -2.32. The first-order valence-electron chi connectivity index (χ1n) is 8.36. The summed E-state index contributed by atoms with van der Waals surface area (Å²) < 4.78 is 11.4. The molecule has 2 heterocycles. The Kier molecular flexibility index (Phi) is 5.50. The van der Waals surface area contributed by atoms with Crippen LogP contribution in [0.2, 0.25) is 0 Å². The van der Waals surface area contributed by atoms with E-state index in [1.165, 1.54) is 0 Å². The Balaban J connectivity index is 1.57. The van der Waals surface area contributed by atoms with E-state index in [0.717, 1.165) is 37.4 Å². The Morgan fingerprint density at radius 2 is 1.92 bits per heavy atom. The second-order valence-electron chi connectivity index (χ2n) is 6.05. The molecular weight excluding hydrogens is 320 g/mol. The van der Waals surface area contributed by atoms with Crippen molar-refractivity contribution in [3.8, 4) is 11.5 Å².